The Bertz CT molecular complexity index is 2300. The Labute approximate surface area is 277 Å². The third-order valence-electron chi connectivity index (χ3n) is 10.5. The van der Waals surface area contributed by atoms with Crippen LogP contribution in [0.25, 0.3) is 50.9 Å². The summed E-state index contributed by atoms with van der Waals surface area (Å²) < 4.78 is 2.41. The molecule has 1 atom stereocenters. The lowest BCUT2D eigenvalue weighted by atomic mass is 9.75. The minimum atomic E-state index is -0.550. The average molecular weight is 610 g/mol. The van der Waals surface area contributed by atoms with Crippen LogP contribution in [0.1, 0.15) is 47.2 Å². The van der Waals surface area contributed by atoms with Crippen molar-refractivity contribution in [2.45, 2.75) is 24.8 Å². The molecule has 2 N–H and O–H groups in total. The van der Waals surface area contributed by atoms with Crippen LogP contribution < -0.4 is 10.6 Å². The summed E-state index contributed by atoms with van der Waals surface area (Å²) in [6, 6.07) is 39.8. The van der Waals surface area contributed by atoms with Gasteiger partial charge in [0.15, 0.2) is 0 Å². The molecule has 0 saturated heterocycles. The van der Waals surface area contributed by atoms with Gasteiger partial charge >= 0.3 is 0 Å². The first kappa shape index (κ1) is 29.1. The highest BCUT2D eigenvalue weighted by Gasteiger charge is 2.39. The van der Waals surface area contributed by atoms with Gasteiger partial charge in [-0.3, -0.25) is 4.57 Å². The molecule has 2 aliphatic rings. The van der Waals surface area contributed by atoms with Crippen LogP contribution in [-0.2, 0) is 11.0 Å². The number of allylic oxidation sites excluding steroid dienone is 2. The number of para-hydroxylation sites is 1. The van der Waals surface area contributed by atoms with Gasteiger partial charge in [-0.15, -0.1) is 0 Å². The lowest BCUT2D eigenvalue weighted by Gasteiger charge is -2.39. The number of aromatic nitrogens is 1. The molecule has 3 nitrogen and oxygen atoms in total. The van der Waals surface area contributed by atoms with E-state index < -0.39 is 5.54 Å². The predicted octanol–water partition coefficient (Wildman–Crippen LogP) is 9.88. The molecule has 0 bridgehead atoms. The van der Waals surface area contributed by atoms with Crippen molar-refractivity contribution in [3.05, 3.63) is 173 Å². The van der Waals surface area contributed by atoms with E-state index >= 15 is 0 Å². The van der Waals surface area contributed by atoms with E-state index in [1.165, 1.54) is 55.2 Å². The lowest BCUT2D eigenvalue weighted by molar-refractivity contribution is 0.498. The van der Waals surface area contributed by atoms with Crippen LogP contribution in [0.15, 0.2) is 140 Å². The fourth-order valence-corrected chi connectivity index (χ4v) is 8.16. The SMILES string of the molecule is C=Cc1ccc(C(NC)(C2=CC=C(n3c4ccccc4c4cc5c(cc43)C(C)(C)c3ccccc3-5)NC2)c2ccccc2)cc1C=C. The second-order valence-electron chi connectivity index (χ2n) is 13.2. The average Bonchev–Trinajstić information content (AvgIpc) is 3.56. The van der Waals surface area contributed by atoms with E-state index in [1.807, 2.05) is 12.2 Å². The maximum absolute atomic E-state index is 4.10. The van der Waals surface area contributed by atoms with Crippen LogP contribution in [0.4, 0.5) is 0 Å². The Balaban J connectivity index is 1.32. The van der Waals surface area contributed by atoms with Gasteiger partial charge in [-0.05, 0) is 87.5 Å². The summed E-state index contributed by atoms with van der Waals surface area (Å²) in [4.78, 5) is 0. The van der Waals surface area contributed by atoms with Gasteiger partial charge in [-0.1, -0.05) is 130 Å². The number of rotatable bonds is 7. The molecule has 47 heavy (non-hydrogen) atoms. The quantitative estimate of drug-likeness (QED) is 0.189. The van der Waals surface area contributed by atoms with Crippen LogP contribution in [0.3, 0.4) is 0 Å². The van der Waals surface area contributed by atoms with E-state index in [2.05, 4.69) is 171 Å². The predicted molar refractivity (Wildman–Crippen MR) is 200 cm³/mol. The minimum absolute atomic E-state index is 0.0730. The van der Waals surface area contributed by atoms with Crippen molar-refractivity contribution in [2.24, 2.45) is 0 Å². The molecule has 6 aromatic rings. The van der Waals surface area contributed by atoms with Gasteiger partial charge < -0.3 is 10.6 Å². The maximum Gasteiger partial charge on any atom is 0.111 e. The molecule has 1 aromatic heterocycles. The Morgan fingerprint density at radius 2 is 1.45 bits per heavy atom. The smallest absolute Gasteiger partial charge is 0.111 e. The molecular formula is C44H39N3. The number of nitrogens with zero attached hydrogens (tertiary/aromatic N) is 1. The maximum atomic E-state index is 4.10. The summed E-state index contributed by atoms with van der Waals surface area (Å²) in [5, 5.41) is 10.2. The zero-order valence-electron chi connectivity index (χ0n) is 27.3. The van der Waals surface area contributed by atoms with Crippen molar-refractivity contribution in [3.8, 4) is 11.1 Å². The van der Waals surface area contributed by atoms with E-state index in [9.17, 15) is 0 Å². The number of likely N-dealkylation sites (N-methyl/N-ethyl adjacent to an activating group) is 1. The van der Waals surface area contributed by atoms with Crippen molar-refractivity contribution in [2.75, 3.05) is 13.6 Å². The van der Waals surface area contributed by atoms with Crippen molar-refractivity contribution < 1.29 is 0 Å². The summed E-state index contributed by atoms with van der Waals surface area (Å²) in [6.45, 7) is 13.5. The Hall–Kier alpha value is -5.38. The van der Waals surface area contributed by atoms with Crippen LogP contribution in [-0.4, -0.2) is 18.2 Å². The van der Waals surface area contributed by atoms with Gasteiger partial charge in [0.1, 0.15) is 5.82 Å². The molecule has 0 fully saturated rings. The molecule has 1 aliphatic heterocycles. The number of dihydropyridines is 1. The van der Waals surface area contributed by atoms with Crippen molar-refractivity contribution in [1.29, 1.82) is 0 Å². The first-order valence-corrected chi connectivity index (χ1v) is 16.4. The fraction of sp³-hybridized carbons (Fsp3) is 0.136. The third kappa shape index (κ3) is 4.16. The Morgan fingerprint density at radius 1 is 0.702 bits per heavy atom. The van der Waals surface area contributed by atoms with Gasteiger partial charge in [-0.25, -0.2) is 0 Å². The minimum Gasteiger partial charge on any atom is -0.367 e. The van der Waals surface area contributed by atoms with Gasteiger partial charge in [0.25, 0.3) is 0 Å². The third-order valence-corrected chi connectivity index (χ3v) is 10.5. The summed E-state index contributed by atoms with van der Waals surface area (Å²) >= 11 is 0. The molecule has 3 heteroatoms. The Morgan fingerprint density at radius 3 is 2.19 bits per heavy atom. The highest BCUT2D eigenvalue weighted by molar-refractivity contribution is 6.12. The lowest BCUT2D eigenvalue weighted by Crippen LogP contribution is -2.46. The van der Waals surface area contributed by atoms with Gasteiger partial charge in [0.05, 0.1) is 16.6 Å². The summed E-state index contributed by atoms with van der Waals surface area (Å²) in [7, 11) is 2.05. The van der Waals surface area contributed by atoms with Crippen molar-refractivity contribution in [1.82, 2.24) is 15.2 Å². The molecule has 0 amide bonds. The molecule has 2 heterocycles. The zero-order chi connectivity index (χ0) is 32.3. The summed E-state index contributed by atoms with van der Waals surface area (Å²) in [5.74, 6) is 1.07. The highest BCUT2D eigenvalue weighted by Crippen LogP contribution is 2.51. The van der Waals surface area contributed by atoms with E-state index in [1.54, 1.807) is 0 Å². The summed E-state index contributed by atoms with van der Waals surface area (Å²) in [6.07, 6.45) is 8.36. The van der Waals surface area contributed by atoms with Gasteiger partial charge in [0.2, 0.25) is 0 Å². The molecule has 0 spiro atoms. The van der Waals surface area contributed by atoms with Gasteiger partial charge in [-0.2, -0.15) is 0 Å². The van der Waals surface area contributed by atoms with E-state index in [0.29, 0.717) is 6.54 Å². The molecule has 5 aromatic carbocycles. The first-order valence-electron chi connectivity index (χ1n) is 16.4. The topological polar surface area (TPSA) is 29.0 Å². The monoisotopic (exact) mass is 609 g/mol. The molecule has 8 rings (SSSR count). The van der Waals surface area contributed by atoms with Crippen LogP contribution in [0, 0.1) is 0 Å². The fourth-order valence-electron chi connectivity index (χ4n) is 8.16. The Kier molecular flexibility index (Phi) is 6.71. The van der Waals surface area contributed by atoms with E-state index in [0.717, 1.165) is 22.5 Å². The van der Waals surface area contributed by atoms with Crippen LogP contribution in [0.2, 0.25) is 0 Å². The van der Waals surface area contributed by atoms with Crippen LogP contribution in [0.5, 0.6) is 0 Å². The van der Waals surface area contributed by atoms with E-state index in [4.69, 9.17) is 0 Å². The van der Waals surface area contributed by atoms with Crippen molar-refractivity contribution in [3.63, 3.8) is 0 Å². The second-order valence-corrected chi connectivity index (χ2v) is 13.2. The van der Waals surface area contributed by atoms with Gasteiger partial charge in [0, 0.05) is 22.7 Å². The number of fused-ring (bicyclic) bond motifs is 6. The molecule has 1 unspecified atom stereocenters. The molecule has 0 saturated carbocycles. The first-order chi connectivity index (χ1) is 22.9. The number of hydrogen-bond acceptors (Lipinski definition) is 2. The normalized spacial score (nSPS) is 16.1. The number of benzene rings is 5. The second kappa shape index (κ2) is 10.9. The standard InChI is InChI=1S/C44H39N3/c1-6-29-21-22-32(25-30(29)7-2)44(45-5,31-15-9-8-10-16-31)33-23-24-42(46-28-33)47-40-20-14-12-18-35(40)37-26-36-34-17-11-13-19-38(34)43(3,4)39(36)27-41(37)47/h6-27,45-46H,1-2,28H2,3-5H3. The zero-order valence-corrected chi connectivity index (χ0v) is 27.3. The van der Waals surface area contributed by atoms with Crippen LogP contribution >= 0.6 is 0 Å². The molecule has 0 radical (unpaired) electrons. The number of hydrogen-bond donors (Lipinski definition) is 2. The van der Waals surface area contributed by atoms with Crippen molar-refractivity contribution >= 4 is 39.8 Å². The highest BCUT2D eigenvalue weighted by atomic mass is 15.2. The molecule has 230 valence electrons. The van der Waals surface area contributed by atoms with E-state index in [-0.39, 0.29) is 5.41 Å². The largest absolute Gasteiger partial charge is 0.367 e. The summed E-state index contributed by atoms with van der Waals surface area (Å²) in [5.41, 5.74) is 13.0. The molecular weight excluding hydrogens is 571 g/mol. The molecule has 1 aliphatic carbocycles. The number of nitrogens with one attached hydrogen (secondary N) is 2.